The average Bonchev–Trinajstić information content (AvgIpc) is 2.16. The van der Waals surface area contributed by atoms with Crippen molar-refractivity contribution in [3.63, 3.8) is 0 Å². The Morgan fingerprint density at radius 2 is 1.71 bits per heavy atom. The lowest BCUT2D eigenvalue weighted by Gasteiger charge is -2.29. The number of aliphatic carboxylic acids is 2. The minimum Gasteiger partial charge on any atom is -0.481 e. The molecule has 0 bridgehead atoms. The van der Waals surface area contributed by atoms with Gasteiger partial charge >= 0.3 is 11.9 Å². The Morgan fingerprint density at radius 1 is 1.24 bits per heavy atom. The summed E-state index contributed by atoms with van der Waals surface area (Å²) in [5.74, 6) is -2.02. The van der Waals surface area contributed by atoms with Crippen LogP contribution in [0, 0.1) is 11.3 Å². The van der Waals surface area contributed by atoms with Crippen molar-refractivity contribution >= 4 is 11.9 Å². The van der Waals surface area contributed by atoms with E-state index in [1.807, 2.05) is 0 Å². The van der Waals surface area contributed by atoms with Crippen LogP contribution in [-0.2, 0) is 9.59 Å². The van der Waals surface area contributed by atoms with Crippen LogP contribution in [0.1, 0.15) is 32.6 Å². The topological polar surface area (TPSA) is 74.6 Å². The zero-order chi connectivity index (χ0) is 13.5. The van der Waals surface area contributed by atoms with Crippen LogP contribution < -0.4 is 0 Å². The fourth-order valence-electron chi connectivity index (χ4n) is 2.10. The first-order chi connectivity index (χ1) is 7.88. The first-order valence-electron chi connectivity index (χ1n) is 5.55. The van der Waals surface area contributed by atoms with Crippen LogP contribution in [0.3, 0.4) is 0 Å². The third-order valence-corrected chi connectivity index (χ3v) is 2.79. The maximum Gasteiger partial charge on any atom is 0.310 e. The van der Waals surface area contributed by atoms with Gasteiger partial charge in [-0.2, -0.15) is 0 Å². The molecule has 0 aliphatic carbocycles. The molecule has 1 atom stereocenters. The van der Waals surface area contributed by atoms with Gasteiger partial charge in [-0.15, -0.1) is 13.2 Å². The molecule has 17 heavy (non-hydrogen) atoms. The van der Waals surface area contributed by atoms with Gasteiger partial charge in [0.1, 0.15) is 0 Å². The number of allylic oxidation sites excluding steroid dienone is 2. The highest BCUT2D eigenvalue weighted by molar-refractivity contribution is 5.75. The van der Waals surface area contributed by atoms with Crippen molar-refractivity contribution in [2.45, 2.75) is 32.6 Å². The Labute approximate surface area is 102 Å². The SMILES string of the molecule is C=CCC(CC=C)(CC(C)CC(=O)O)C(=O)O. The molecule has 0 saturated heterocycles. The van der Waals surface area contributed by atoms with Gasteiger partial charge in [0.25, 0.3) is 0 Å². The molecule has 1 unspecified atom stereocenters. The lowest BCUT2D eigenvalue weighted by Crippen LogP contribution is -2.32. The quantitative estimate of drug-likeness (QED) is 0.608. The van der Waals surface area contributed by atoms with E-state index in [9.17, 15) is 14.7 Å². The molecule has 0 rings (SSSR count). The second-order valence-corrected chi connectivity index (χ2v) is 4.48. The molecule has 0 spiro atoms. The van der Waals surface area contributed by atoms with Gasteiger partial charge < -0.3 is 10.2 Å². The number of rotatable bonds is 9. The average molecular weight is 240 g/mol. The van der Waals surface area contributed by atoms with Crippen LogP contribution in [0.2, 0.25) is 0 Å². The minimum atomic E-state index is -0.974. The fourth-order valence-corrected chi connectivity index (χ4v) is 2.10. The highest BCUT2D eigenvalue weighted by Gasteiger charge is 2.37. The molecule has 0 aromatic heterocycles. The van der Waals surface area contributed by atoms with Gasteiger partial charge in [-0.05, 0) is 25.2 Å². The summed E-state index contributed by atoms with van der Waals surface area (Å²) in [4.78, 5) is 22.0. The van der Waals surface area contributed by atoms with Crippen LogP contribution >= 0.6 is 0 Å². The van der Waals surface area contributed by atoms with Crippen LogP contribution in [0.5, 0.6) is 0 Å². The van der Waals surface area contributed by atoms with Gasteiger partial charge in [0.05, 0.1) is 5.41 Å². The van der Waals surface area contributed by atoms with Crippen LogP contribution in [0.25, 0.3) is 0 Å². The maximum absolute atomic E-state index is 11.4. The molecule has 0 radical (unpaired) electrons. The van der Waals surface area contributed by atoms with Crippen molar-refractivity contribution < 1.29 is 19.8 Å². The third-order valence-electron chi connectivity index (χ3n) is 2.79. The molecule has 0 aliphatic rings. The van der Waals surface area contributed by atoms with Crippen molar-refractivity contribution in [3.8, 4) is 0 Å². The number of carboxylic acid groups (broad SMARTS) is 2. The summed E-state index contributed by atoms with van der Waals surface area (Å²) >= 11 is 0. The molecule has 0 aliphatic heterocycles. The Balaban J connectivity index is 4.88. The predicted molar refractivity (Wildman–Crippen MR) is 65.7 cm³/mol. The number of carboxylic acids is 2. The van der Waals surface area contributed by atoms with Gasteiger partial charge in [-0.1, -0.05) is 19.1 Å². The highest BCUT2D eigenvalue weighted by atomic mass is 16.4. The Hall–Kier alpha value is -1.58. The molecule has 96 valence electrons. The lowest BCUT2D eigenvalue weighted by atomic mass is 9.74. The molecule has 0 amide bonds. The van der Waals surface area contributed by atoms with Gasteiger partial charge in [0, 0.05) is 6.42 Å². The van der Waals surface area contributed by atoms with E-state index in [-0.39, 0.29) is 12.3 Å². The zero-order valence-electron chi connectivity index (χ0n) is 10.2. The molecule has 0 saturated carbocycles. The summed E-state index contributed by atoms with van der Waals surface area (Å²) in [6, 6.07) is 0. The van der Waals surface area contributed by atoms with Crippen molar-refractivity contribution in [2.75, 3.05) is 0 Å². The zero-order valence-corrected chi connectivity index (χ0v) is 10.2. The first kappa shape index (κ1) is 15.4. The summed E-state index contributed by atoms with van der Waals surface area (Å²) in [6.07, 6.45) is 4.04. The summed E-state index contributed by atoms with van der Waals surface area (Å²) < 4.78 is 0. The molecular weight excluding hydrogens is 220 g/mol. The van der Waals surface area contributed by atoms with Gasteiger partial charge in [0.15, 0.2) is 0 Å². The minimum absolute atomic E-state index is 0.0245. The first-order valence-corrected chi connectivity index (χ1v) is 5.55. The molecule has 0 fully saturated rings. The number of hydrogen-bond donors (Lipinski definition) is 2. The standard InChI is InChI=1S/C13H20O4/c1-4-6-13(7-5-2,12(16)17)9-10(3)8-11(14)15/h4-5,10H,1-2,6-9H2,3H3,(H,14,15)(H,16,17). The summed E-state index contributed by atoms with van der Waals surface area (Å²) in [5, 5.41) is 18.0. The molecule has 2 N–H and O–H groups in total. The van der Waals surface area contributed by atoms with Gasteiger partial charge in [-0.3, -0.25) is 9.59 Å². The van der Waals surface area contributed by atoms with Crippen molar-refractivity contribution in [3.05, 3.63) is 25.3 Å². The van der Waals surface area contributed by atoms with Crippen molar-refractivity contribution in [1.82, 2.24) is 0 Å². The summed E-state index contributed by atoms with van der Waals surface area (Å²) in [5.41, 5.74) is -0.974. The summed E-state index contributed by atoms with van der Waals surface area (Å²) in [6.45, 7) is 8.88. The lowest BCUT2D eigenvalue weighted by molar-refractivity contribution is -0.150. The molecule has 4 nitrogen and oxygen atoms in total. The van der Waals surface area contributed by atoms with Gasteiger partial charge in [-0.25, -0.2) is 0 Å². The van der Waals surface area contributed by atoms with Crippen LogP contribution in [0.15, 0.2) is 25.3 Å². The molecule has 0 aromatic rings. The third kappa shape index (κ3) is 4.85. The van der Waals surface area contributed by atoms with E-state index in [1.54, 1.807) is 19.1 Å². The second kappa shape index (κ2) is 6.89. The van der Waals surface area contributed by atoms with E-state index in [4.69, 9.17) is 5.11 Å². The van der Waals surface area contributed by atoms with E-state index < -0.39 is 17.4 Å². The van der Waals surface area contributed by atoms with E-state index in [0.29, 0.717) is 19.3 Å². The Kier molecular flexibility index (Phi) is 6.25. The van der Waals surface area contributed by atoms with Crippen LogP contribution in [0.4, 0.5) is 0 Å². The maximum atomic E-state index is 11.4. The van der Waals surface area contributed by atoms with E-state index in [0.717, 1.165) is 0 Å². The number of hydrogen-bond acceptors (Lipinski definition) is 2. The van der Waals surface area contributed by atoms with E-state index >= 15 is 0 Å². The van der Waals surface area contributed by atoms with E-state index in [2.05, 4.69) is 13.2 Å². The number of carbonyl (C=O) groups is 2. The second-order valence-electron chi connectivity index (χ2n) is 4.48. The van der Waals surface area contributed by atoms with E-state index in [1.165, 1.54) is 0 Å². The fraction of sp³-hybridized carbons (Fsp3) is 0.538. The normalized spacial score (nSPS) is 12.8. The Morgan fingerprint density at radius 3 is 2.00 bits per heavy atom. The monoisotopic (exact) mass is 240 g/mol. The smallest absolute Gasteiger partial charge is 0.310 e. The van der Waals surface area contributed by atoms with Gasteiger partial charge in [0.2, 0.25) is 0 Å². The summed E-state index contributed by atoms with van der Waals surface area (Å²) in [7, 11) is 0. The molecule has 0 aromatic carbocycles. The predicted octanol–water partition coefficient (Wildman–Crippen LogP) is 2.71. The Bertz CT molecular complexity index is 297. The van der Waals surface area contributed by atoms with Crippen molar-refractivity contribution in [1.29, 1.82) is 0 Å². The largest absolute Gasteiger partial charge is 0.481 e. The van der Waals surface area contributed by atoms with Crippen molar-refractivity contribution in [2.24, 2.45) is 11.3 Å². The highest BCUT2D eigenvalue weighted by Crippen LogP contribution is 2.36. The molecule has 0 heterocycles. The molecule has 4 heteroatoms. The molecular formula is C13H20O4. The van der Waals surface area contributed by atoms with Crippen LogP contribution in [-0.4, -0.2) is 22.2 Å².